The molecule has 1 aromatic rings. The lowest BCUT2D eigenvalue weighted by Gasteiger charge is -2.28. The van der Waals surface area contributed by atoms with E-state index in [1.165, 1.54) is 5.56 Å². The topological polar surface area (TPSA) is 29.1 Å². The van der Waals surface area contributed by atoms with E-state index in [0.29, 0.717) is 12.1 Å². The predicted molar refractivity (Wildman–Crippen MR) is 73.5 cm³/mol. The molecule has 3 heteroatoms. The summed E-state index contributed by atoms with van der Waals surface area (Å²) >= 11 is 0. The summed E-state index contributed by atoms with van der Waals surface area (Å²) in [6.07, 6.45) is 3.20. The van der Waals surface area contributed by atoms with Crippen molar-refractivity contribution in [3.05, 3.63) is 35.9 Å². The molecule has 1 heterocycles. The summed E-state index contributed by atoms with van der Waals surface area (Å²) in [6.45, 7) is 2.21. The zero-order valence-electron chi connectivity index (χ0n) is 10.4. The molecular weight excluding hydrogens is 230 g/mol. The van der Waals surface area contributed by atoms with Crippen molar-refractivity contribution in [3.63, 3.8) is 0 Å². The molecule has 94 valence electrons. The Bertz CT molecular complexity index is 356. The van der Waals surface area contributed by atoms with Crippen LogP contribution in [0.25, 0.3) is 0 Å². The number of hydrogen-bond donors (Lipinski definition) is 1. The molecule has 1 N–H and O–H groups in total. The highest BCUT2D eigenvalue weighted by atomic mass is 32.2. The van der Waals surface area contributed by atoms with Crippen molar-refractivity contribution in [3.8, 4) is 0 Å². The van der Waals surface area contributed by atoms with E-state index in [1.54, 1.807) is 0 Å². The van der Waals surface area contributed by atoms with E-state index in [-0.39, 0.29) is 0 Å². The van der Waals surface area contributed by atoms with Crippen molar-refractivity contribution in [2.24, 2.45) is 0 Å². The zero-order chi connectivity index (χ0) is 12.1. The summed E-state index contributed by atoms with van der Waals surface area (Å²) in [5.41, 5.74) is 1.36. The molecule has 0 amide bonds. The standard InChI is InChI=1S/C14H21NOS/c1-2-14(12-6-4-3-5-7-12)15-13-8-10-17(16)11-9-13/h3-7,13-15H,2,8-11H2,1H3. The normalized spacial score (nSPS) is 26.6. The summed E-state index contributed by atoms with van der Waals surface area (Å²) in [5, 5.41) is 3.71. The molecular formula is C14H21NOS. The fraction of sp³-hybridized carbons (Fsp3) is 0.571. The van der Waals surface area contributed by atoms with E-state index in [1.807, 2.05) is 0 Å². The van der Waals surface area contributed by atoms with Crippen LogP contribution in [0.1, 0.15) is 37.8 Å². The molecule has 1 aliphatic heterocycles. The Morgan fingerprint density at radius 3 is 2.53 bits per heavy atom. The third-order valence-electron chi connectivity index (χ3n) is 3.44. The first-order valence-electron chi connectivity index (χ1n) is 6.45. The molecule has 1 aromatic carbocycles. The molecule has 1 atom stereocenters. The van der Waals surface area contributed by atoms with Crippen molar-refractivity contribution in [1.82, 2.24) is 5.32 Å². The van der Waals surface area contributed by atoms with Gasteiger partial charge in [-0.05, 0) is 24.8 Å². The summed E-state index contributed by atoms with van der Waals surface area (Å²) in [6, 6.07) is 11.6. The van der Waals surface area contributed by atoms with Crippen molar-refractivity contribution in [1.29, 1.82) is 0 Å². The average Bonchev–Trinajstić information content (AvgIpc) is 2.39. The first-order chi connectivity index (χ1) is 8.29. The average molecular weight is 251 g/mol. The fourth-order valence-electron chi connectivity index (χ4n) is 2.38. The Kier molecular flexibility index (Phi) is 4.75. The first kappa shape index (κ1) is 12.8. The number of benzene rings is 1. The Morgan fingerprint density at radius 2 is 1.94 bits per heavy atom. The second-order valence-corrected chi connectivity index (χ2v) is 6.36. The van der Waals surface area contributed by atoms with Crippen LogP contribution < -0.4 is 5.32 Å². The van der Waals surface area contributed by atoms with Crippen LogP contribution in [0.4, 0.5) is 0 Å². The van der Waals surface area contributed by atoms with Crippen LogP contribution in [-0.4, -0.2) is 21.8 Å². The molecule has 0 aromatic heterocycles. The lowest BCUT2D eigenvalue weighted by molar-refractivity contribution is 0.403. The Hall–Kier alpha value is -0.670. The minimum atomic E-state index is -0.562. The van der Waals surface area contributed by atoms with Crippen LogP contribution in [0.2, 0.25) is 0 Å². The van der Waals surface area contributed by atoms with Crippen molar-refractivity contribution in [2.45, 2.75) is 38.3 Å². The maximum Gasteiger partial charge on any atom is 0.0320 e. The number of rotatable bonds is 4. The molecule has 0 radical (unpaired) electrons. The SMILES string of the molecule is CCC(NC1CCS(=O)CC1)c1ccccc1. The molecule has 1 fully saturated rings. The van der Waals surface area contributed by atoms with E-state index >= 15 is 0 Å². The van der Waals surface area contributed by atoms with Gasteiger partial charge in [-0.15, -0.1) is 0 Å². The van der Waals surface area contributed by atoms with Crippen LogP contribution in [-0.2, 0) is 10.8 Å². The second-order valence-electron chi connectivity index (χ2n) is 4.66. The van der Waals surface area contributed by atoms with Gasteiger partial charge in [-0.25, -0.2) is 0 Å². The van der Waals surface area contributed by atoms with Crippen molar-refractivity contribution >= 4 is 10.8 Å². The van der Waals surface area contributed by atoms with E-state index in [2.05, 4.69) is 42.6 Å². The van der Waals surface area contributed by atoms with Gasteiger partial charge in [0.2, 0.25) is 0 Å². The molecule has 1 unspecified atom stereocenters. The molecule has 0 aliphatic carbocycles. The highest BCUT2D eigenvalue weighted by Crippen LogP contribution is 2.19. The van der Waals surface area contributed by atoms with Crippen LogP contribution in [0.3, 0.4) is 0 Å². The van der Waals surface area contributed by atoms with E-state index in [9.17, 15) is 4.21 Å². The van der Waals surface area contributed by atoms with E-state index in [4.69, 9.17) is 0 Å². The molecule has 0 bridgehead atoms. The highest BCUT2D eigenvalue weighted by molar-refractivity contribution is 7.85. The lowest BCUT2D eigenvalue weighted by Crippen LogP contribution is -2.37. The van der Waals surface area contributed by atoms with Gasteiger partial charge in [0.1, 0.15) is 0 Å². The molecule has 1 saturated heterocycles. The maximum absolute atomic E-state index is 11.3. The van der Waals surface area contributed by atoms with Gasteiger partial charge < -0.3 is 5.32 Å². The van der Waals surface area contributed by atoms with Crippen LogP contribution in [0, 0.1) is 0 Å². The lowest BCUT2D eigenvalue weighted by atomic mass is 10.0. The summed E-state index contributed by atoms with van der Waals surface area (Å²) < 4.78 is 11.3. The van der Waals surface area contributed by atoms with Crippen LogP contribution in [0.5, 0.6) is 0 Å². The van der Waals surface area contributed by atoms with Gasteiger partial charge >= 0.3 is 0 Å². The quantitative estimate of drug-likeness (QED) is 0.891. The molecule has 0 saturated carbocycles. The second kappa shape index (κ2) is 6.31. The molecule has 0 spiro atoms. The third kappa shape index (κ3) is 3.65. The van der Waals surface area contributed by atoms with Gasteiger partial charge in [0.25, 0.3) is 0 Å². The molecule has 2 rings (SSSR count). The number of hydrogen-bond acceptors (Lipinski definition) is 2. The molecule has 17 heavy (non-hydrogen) atoms. The zero-order valence-corrected chi connectivity index (χ0v) is 11.2. The van der Waals surface area contributed by atoms with E-state index < -0.39 is 10.8 Å². The summed E-state index contributed by atoms with van der Waals surface area (Å²) in [5.74, 6) is 1.73. The first-order valence-corrected chi connectivity index (χ1v) is 7.94. The largest absolute Gasteiger partial charge is 0.307 e. The van der Waals surface area contributed by atoms with Crippen molar-refractivity contribution < 1.29 is 4.21 Å². The monoisotopic (exact) mass is 251 g/mol. The summed E-state index contributed by atoms with van der Waals surface area (Å²) in [4.78, 5) is 0. The highest BCUT2D eigenvalue weighted by Gasteiger charge is 2.20. The van der Waals surface area contributed by atoms with Gasteiger partial charge in [-0.1, -0.05) is 37.3 Å². The van der Waals surface area contributed by atoms with Gasteiger partial charge in [0.15, 0.2) is 0 Å². The van der Waals surface area contributed by atoms with Gasteiger partial charge in [0, 0.05) is 34.4 Å². The maximum atomic E-state index is 11.3. The van der Waals surface area contributed by atoms with Gasteiger partial charge in [-0.3, -0.25) is 4.21 Å². The van der Waals surface area contributed by atoms with Gasteiger partial charge in [-0.2, -0.15) is 0 Å². The van der Waals surface area contributed by atoms with Crippen molar-refractivity contribution in [2.75, 3.05) is 11.5 Å². The molecule has 2 nitrogen and oxygen atoms in total. The van der Waals surface area contributed by atoms with Crippen LogP contribution >= 0.6 is 0 Å². The van der Waals surface area contributed by atoms with Gasteiger partial charge in [0.05, 0.1) is 0 Å². The Morgan fingerprint density at radius 1 is 1.29 bits per heavy atom. The number of nitrogens with one attached hydrogen (secondary N) is 1. The minimum Gasteiger partial charge on any atom is -0.307 e. The predicted octanol–water partition coefficient (Wildman–Crippen LogP) is 2.64. The third-order valence-corrected chi connectivity index (χ3v) is 4.82. The van der Waals surface area contributed by atoms with E-state index in [0.717, 1.165) is 30.8 Å². The Labute approximate surface area is 106 Å². The smallest absolute Gasteiger partial charge is 0.0320 e. The Balaban J connectivity index is 1.94. The summed E-state index contributed by atoms with van der Waals surface area (Å²) in [7, 11) is -0.562. The minimum absolute atomic E-state index is 0.438. The van der Waals surface area contributed by atoms with Crippen LogP contribution in [0.15, 0.2) is 30.3 Å². The molecule has 1 aliphatic rings. The fourth-order valence-corrected chi connectivity index (χ4v) is 3.68.